The molecule has 2 aliphatic heterocycles. The van der Waals surface area contributed by atoms with Gasteiger partial charge in [0.15, 0.2) is 0 Å². The molecule has 0 amide bonds. The van der Waals surface area contributed by atoms with Crippen molar-refractivity contribution < 1.29 is 4.39 Å². The normalized spacial score (nSPS) is 29.1. The highest BCUT2D eigenvalue weighted by Crippen LogP contribution is 2.57. The highest BCUT2D eigenvalue weighted by molar-refractivity contribution is 7.19. The molecule has 22 heavy (non-hydrogen) atoms. The van der Waals surface area contributed by atoms with E-state index >= 15 is 0 Å². The number of para-hydroxylation sites is 2. The van der Waals surface area contributed by atoms with Gasteiger partial charge < -0.3 is 9.80 Å². The second-order valence-corrected chi connectivity index (χ2v) is 7.88. The summed E-state index contributed by atoms with van der Waals surface area (Å²) >= 11 is 0. The number of nitrogens with zero attached hydrogens (tertiary/aromatic N) is 2. The molecule has 4 rings (SSSR count). The summed E-state index contributed by atoms with van der Waals surface area (Å²) in [5.74, 6) is 0.0897. The standard InChI is InChI=1S/C18H20FN2P/c1-11-13-10-12(19)8-9-14(13)21-16-7-5-4-6-15(16)20(3)17(21)18(11,2)22/h4-11,17H,22H2,1-3H3. The molecular formula is C18H20FN2P. The molecule has 4 heteroatoms. The average Bonchev–Trinajstić information content (AvgIpc) is 2.80. The molecule has 0 fully saturated rings. The number of rotatable bonds is 0. The van der Waals surface area contributed by atoms with Gasteiger partial charge in [0, 0.05) is 17.9 Å². The topological polar surface area (TPSA) is 6.48 Å². The van der Waals surface area contributed by atoms with E-state index in [0.29, 0.717) is 0 Å². The molecule has 0 saturated carbocycles. The van der Waals surface area contributed by atoms with Crippen LogP contribution in [0.5, 0.6) is 0 Å². The van der Waals surface area contributed by atoms with Gasteiger partial charge in [-0.3, -0.25) is 0 Å². The Labute approximate surface area is 133 Å². The van der Waals surface area contributed by atoms with Crippen molar-refractivity contribution in [2.75, 3.05) is 16.8 Å². The van der Waals surface area contributed by atoms with Crippen molar-refractivity contribution in [3.63, 3.8) is 0 Å². The van der Waals surface area contributed by atoms with Crippen LogP contribution in [0.1, 0.15) is 25.3 Å². The second kappa shape index (κ2) is 4.45. The molecule has 2 aromatic carbocycles. The maximum Gasteiger partial charge on any atom is 0.123 e. The molecule has 114 valence electrons. The van der Waals surface area contributed by atoms with Crippen LogP contribution < -0.4 is 9.80 Å². The van der Waals surface area contributed by atoms with Gasteiger partial charge in [-0.15, -0.1) is 9.24 Å². The quantitative estimate of drug-likeness (QED) is 0.661. The molecule has 0 spiro atoms. The molecule has 4 atom stereocenters. The number of hydrogen-bond acceptors (Lipinski definition) is 2. The largest absolute Gasteiger partial charge is 0.351 e. The molecule has 0 N–H and O–H groups in total. The summed E-state index contributed by atoms with van der Waals surface area (Å²) in [6, 6.07) is 13.6. The van der Waals surface area contributed by atoms with Crippen LogP contribution in [0.4, 0.5) is 21.5 Å². The Morgan fingerprint density at radius 1 is 1.09 bits per heavy atom. The van der Waals surface area contributed by atoms with Gasteiger partial charge in [0.05, 0.1) is 11.4 Å². The first kappa shape index (κ1) is 14.0. The smallest absolute Gasteiger partial charge is 0.123 e. The first-order chi connectivity index (χ1) is 10.4. The molecule has 4 unspecified atom stereocenters. The van der Waals surface area contributed by atoms with Crippen LogP contribution in [0.15, 0.2) is 42.5 Å². The Balaban J connectivity index is 2.02. The predicted octanol–water partition coefficient (Wildman–Crippen LogP) is 4.49. The fourth-order valence-corrected chi connectivity index (χ4v) is 4.56. The van der Waals surface area contributed by atoms with Crippen LogP contribution in [-0.2, 0) is 0 Å². The number of benzene rings is 2. The summed E-state index contributed by atoms with van der Waals surface area (Å²) in [6.45, 7) is 4.44. The zero-order valence-corrected chi connectivity index (χ0v) is 14.2. The summed E-state index contributed by atoms with van der Waals surface area (Å²) < 4.78 is 13.8. The van der Waals surface area contributed by atoms with E-state index in [1.54, 1.807) is 12.1 Å². The Morgan fingerprint density at radius 2 is 1.77 bits per heavy atom. The SMILES string of the molecule is CC1c2cc(F)ccc2N2c3ccccc3N(C)C2C1(C)P. The second-order valence-electron chi connectivity index (χ2n) is 6.63. The van der Waals surface area contributed by atoms with Crippen molar-refractivity contribution in [1.29, 1.82) is 0 Å². The van der Waals surface area contributed by atoms with Crippen molar-refractivity contribution >= 4 is 26.3 Å². The molecule has 2 heterocycles. The molecule has 2 aliphatic rings. The first-order valence-corrected chi connectivity index (χ1v) is 8.20. The van der Waals surface area contributed by atoms with E-state index in [4.69, 9.17) is 0 Å². The van der Waals surface area contributed by atoms with E-state index in [-0.39, 0.29) is 23.1 Å². The van der Waals surface area contributed by atoms with E-state index in [9.17, 15) is 4.39 Å². The molecular weight excluding hydrogens is 294 g/mol. The van der Waals surface area contributed by atoms with Crippen LogP contribution in [0.3, 0.4) is 0 Å². The van der Waals surface area contributed by atoms with E-state index in [1.165, 1.54) is 11.4 Å². The van der Waals surface area contributed by atoms with E-state index < -0.39 is 0 Å². The summed E-state index contributed by atoms with van der Waals surface area (Å²) in [5.41, 5.74) is 4.63. The number of hydrogen-bond donors (Lipinski definition) is 0. The van der Waals surface area contributed by atoms with Gasteiger partial charge >= 0.3 is 0 Å². The maximum atomic E-state index is 13.8. The summed E-state index contributed by atoms with van der Waals surface area (Å²) in [6.07, 6.45) is 0.211. The number of fused-ring (bicyclic) bond motifs is 5. The number of halogens is 1. The van der Waals surface area contributed by atoms with Crippen LogP contribution in [0, 0.1) is 5.82 Å². The minimum atomic E-state index is -0.161. The maximum absolute atomic E-state index is 13.8. The third-order valence-electron chi connectivity index (χ3n) is 5.34. The Morgan fingerprint density at radius 3 is 2.50 bits per heavy atom. The molecule has 0 aliphatic carbocycles. The lowest BCUT2D eigenvalue weighted by Gasteiger charge is -2.50. The Hall–Kier alpha value is -1.60. The Bertz CT molecular complexity index is 759. The van der Waals surface area contributed by atoms with Crippen LogP contribution in [0.25, 0.3) is 0 Å². The molecule has 0 radical (unpaired) electrons. The highest BCUT2D eigenvalue weighted by atomic mass is 31.0. The third kappa shape index (κ3) is 1.63. The lowest BCUT2D eigenvalue weighted by Crippen LogP contribution is -2.57. The molecule has 2 nitrogen and oxygen atoms in total. The minimum absolute atomic E-state index is 0.0748. The molecule has 2 aromatic rings. The summed E-state index contributed by atoms with van der Waals surface area (Å²) in [7, 11) is 5.17. The third-order valence-corrected chi connectivity index (χ3v) is 6.14. The number of anilines is 3. The Kier molecular flexibility index (Phi) is 2.84. The van der Waals surface area contributed by atoms with Crippen LogP contribution >= 0.6 is 9.24 Å². The summed E-state index contributed by atoms with van der Waals surface area (Å²) in [5, 5.41) is -0.0748. The first-order valence-electron chi connectivity index (χ1n) is 7.62. The van der Waals surface area contributed by atoms with Gasteiger partial charge in [-0.1, -0.05) is 26.0 Å². The van der Waals surface area contributed by atoms with Crippen molar-refractivity contribution in [2.24, 2.45) is 0 Å². The molecule has 0 saturated heterocycles. The van der Waals surface area contributed by atoms with Crippen molar-refractivity contribution in [1.82, 2.24) is 0 Å². The van der Waals surface area contributed by atoms with Crippen molar-refractivity contribution in [2.45, 2.75) is 31.1 Å². The minimum Gasteiger partial charge on any atom is -0.351 e. The lowest BCUT2D eigenvalue weighted by atomic mass is 9.80. The van der Waals surface area contributed by atoms with Crippen LogP contribution in [-0.4, -0.2) is 18.4 Å². The molecule has 0 aromatic heterocycles. The van der Waals surface area contributed by atoms with E-state index in [0.717, 1.165) is 11.3 Å². The van der Waals surface area contributed by atoms with Gasteiger partial charge in [0.25, 0.3) is 0 Å². The van der Waals surface area contributed by atoms with Crippen LogP contribution in [0.2, 0.25) is 0 Å². The van der Waals surface area contributed by atoms with Gasteiger partial charge in [-0.25, -0.2) is 4.39 Å². The summed E-state index contributed by atoms with van der Waals surface area (Å²) in [4.78, 5) is 4.70. The predicted molar refractivity (Wildman–Crippen MR) is 93.7 cm³/mol. The highest BCUT2D eigenvalue weighted by Gasteiger charge is 2.51. The average molecular weight is 314 g/mol. The van der Waals surface area contributed by atoms with Crippen molar-refractivity contribution in [3.05, 3.63) is 53.8 Å². The lowest BCUT2D eigenvalue weighted by molar-refractivity contribution is 0.420. The van der Waals surface area contributed by atoms with Gasteiger partial charge in [0.2, 0.25) is 0 Å². The van der Waals surface area contributed by atoms with E-state index in [2.05, 4.69) is 64.2 Å². The van der Waals surface area contributed by atoms with Crippen molar-refractivity contribution in [3.8, 4) is 0 Å². The van der Waals surface area contributed by atoms with E-state index in [1.807, 2.05) is 6.07 Å². The van der Waals surface area contributed by atoms with Gasteiger partial charge in [0.1, 0.15) is 12.0 Å². The zero-order valence-electron chi connectivity index (χ0n) is 13.0. The van der Waals surface area contributed by atoms with Gasteiger partial charge in [-0.05, 0) is 41.8 Å². The fourth-order valence-electron chi connectivity index (χ4n) is 4.01. The fraction of sp³-hybridized carbons (Fsp3) is 0.333. The zero-order chi connectivity index (χ0) is 15.6. The molecule has 0 bridgehead atoms. The monoisotopic (exact) mass is 314 g/mol. The van der Waals surface area contributed by atoms with Gasteiger partial charge in [-0.2, -0.15) is 0 Å².